The van der Waals surface area contributed by atoms with Gasteiger partial charge in [-0.15, -0.1) is 0 Å². The standard InChI is InChI=1S/C18H19N3O2/c1-4-23-18(22)19-13-8-9-14-15(10-13)21-17(20-14)16-11(2)6-5-7-12(16)3/h5-10H,4H2,1-3H3,(H,19,22)(H,20,21). The van der Waals surface area contributed by atoms with Crippen LogP contribution in [0, 0.1) is 13.8 Å². The molecule has 0 saturated heterocycles. The molecule has 2 aromatic carbocycles. The summed E-state index contributed by atoms with van der Waals surface area (Å²) in [6.07, 6.45) is -0.457. The molecule has 0 aliphatic heterocycles. The van der Waals surface area contributed by atoms with Crippen molar-refractivity contribution in [2.75, 3.05) is 11.9 Å². The number of anilines is 1. The molecule has 118 valence electrons. The Hall–Kier alpha value is -2.82. The monoisotopic (exact) mass is 309 g/mol. The van der Waals surface area contributed by atoms with E-state index in [2.05, 4.69) is 41.3 Å². The van der Waals surface area contributed by atoms with Crippen LogP contribution in [0.5, 0.6) is 0 Å². The lowest BCUT2D eigenvalue weighted by atomic mass is 10.0. The number of carbonyl (C=O) groups is 1. The van der Waals surface area contributed by atoms with Crippen molar-refractivity contribution in [3.8, 4) is 11.4 Å². The molecule has 1 heterocycles. The van der Waals surface area contributed by atoms with Crippen molar-refractivity contribution in [2.24, 2.45) is 0 Å². The van der Waals surface area contributed by atoms with Crippen molar-refractivity contribution in [3.63, 3.8) is 0 Å². The average molecular weight is 309 g/mol. The van der Waals surface area contributed by atoms with Crippen LogP contribution in [0.15, 0.2) is 36.4 Å². The van der Waals surface area contributed by atoms with Crippen LogP contribution >= 0.6 is 0 Å². The summed E-state index contributed by atoms with van der Waals surface area (Å²) in [5.74, 6) is 0.837. The number of aromatic nitrogens is 2. The zero-order valence-electron chi connectivity index (χ0n) is 13.4. The smallest absolute Gasteiger partial charge is 0.411 e. The van der Waals surface area contributed by atoms with Gasteiger partial charge < -0.3 is 9.72 Å². The van der Waals surface area contributed by atoms with E-state index < -0.39 is 6.09 Å². The fraction of sp³-hybridized carbons (Fsp3) is 0.222. The van der Waals surface area contributed by atoms with Gasteiger partial charge in [-0.1, -0.05) is 18.2 Å². The van der Waals surface area contributed by atoms with E-state index in [0.717, 1.165) is 22.4 Å². The van der Waals surface area contributed by atoms with Gasteiger partial charge in [0.1, 0.15) is 5.82 Å². The number of amides is 1. The molecule has 1 aromatic heterocycles. The summed E-state index contributed by atoms with van der Waals surface area (Å²) in [6.45, 7) is 6.26. The van der Waals surface area contributed by atoms with Crippen LogP contribution in [0.4, 0.5) is 10.5 Å². The predicted octanol–water partition coefficient (Wildman–Crippen LogP) is 4.42. The van der Waals surface area contributed by atoms with E-state index in [1.807, 2.05) is 24.3 Å². The molecule has 0 radical (unpaired) electrons. The van der Waals surface area contributed by atoms with E-state index in [4.69, 9.17) is 4.74 Å². The number of H-pyrrole nitrogens is 1. The van der Waals surface area contributed by atoms with Gasteiger partial charge >= 0.3 is 6.09 Å². The third kappa shape index (κ3) is 3.04. The van der Waals surface area contributed by atoms with Gasteiger partial charge in [0.2, 0.25) is 0 Å². The molecule has 0 aliphatic rings. The molecular formula is C18H19N3O2. The predicted molar refractivity (Wildman–Crippen MR) is 91.6 cm³/mol. The quantitative estimate of drug-likeness (QED) is 0.753. The average Bonchev–Trinajstić information content (AvgIpc) is 2.90. The Morgan fingerprint density at radius 1 is 1.22 bits per heavy atom. The molecule has 3 aromatic rings. The van der Waals surface area contributed by atoms with Crippen molar-refractivity contribution in [1.82, 2.24) is 9.97 Å². The van der Waals surface area contributed by atoms with E-state index in [9.17, 15) is 4.79 Å². The number of nitrogens with zero attached hydrogens (tertiary/aromatic N) is 1. The summed E-state index contributed by atoms with van der Waals surface area (Å²) in [7, 11) is 0. The zero-order valence-corrected chi connectivity index (χ0v) is 13.4. The summed E-state index contributed by atoms with van der Waals surface area (Å²) in [5.41, 5.74) is 5.87. The number of aryl methyl sites for hydroxylation is 2. The maximum Gasteiger partial charge on any atom is 0.411 e. The van der Waals surface area contributed by atoms with Crippen LogP contribution < -0.4 is 5.32 Å². The van der Waals surface area contributed by atoms with E-state index in [0.29, 0.717) is 12.3 Å². The number of imidazole rings is 1. The SMILES string of the molecule is CCOC(=O)Nc1ccc2nc(-c3c(C)cccc3C)[nH]c2c1. The van der Waals surface area contributed by atoms with Crippen LogP contribution in [-0.4, -0.2) is 22.7 Å². The molecule has 0 aliphatic carbocycles. The van der Waals surface area contributed by atoms with E-state index in [-0.39, 0.29) is 0 Å². The minimum absolute atomic E-state index is 0.342. The van der Waals surface area contributed by atoms with Gasteiger partial charge in [0.05, 0.1) is 17.6 Å². The molecule has 3 rings (SSSR count). The maximum absolute atomic E-state index is 11.5. The highest BCUT2D eigenvalue weighted by molar-refractivity contribution is 5.89. The molecule has 0 bridgehead atoms. The molecule has 0 fully saturated rings. The van der Waals surface area contributed by atoms with Gasteiger partial charge in [0, 0.05) is 11.3 Å². The van der Waals surface area contributed by atoms with Gasteiger partial charge in [-0.05, 0) is 50.1 Å². The van der Waals surface area contributed by atoms with Crippen molar-refractivity contribution < 1.29 is 9.53 Å². The van der Waals surface area contributed by atoms with E-state index >= 15 is 0 Å². The second kappa shape index (κ2) is 6.12. The fourth-order valence-corrected chi connectivity index (χ4v) is 2.68. The van der Waals surface area contributed by atoms with Crippen LogP contribution in [0.3, 0.4) is 0 Å². The second-order valence-corrected chi connectivity index (χ2v) is 5.43. The van der Waals surface area contributed by atoms with Crippen LogP contribution in [0.1, 0.15) is 18.1 Å². The summed E-state index contributed by atoms with van der Waals surface area (Å²) >= 11 is 0. The minimum atomic E-state index is -0.457. The Morgan fingerprint density at radius 2 is 1.96 bits per heavy atom. The molecule has 5 nitrogen and oxygen atoms in total. The summed E-state index contributed by atoms with van der Waals surface area (Å²) < 4.78 is 4.89. The minimum Gasteiger partial charge on any atom is -0.450 e. The largest absolute Gasteiger partial charge is 0.450 e. The van der Waals surface area contributed by atoms with Gasteiger partial charge in [-0.2, -0.15) is 0 Å². The first-order valence-electron chi connectivity index (χ1n) is 7.58. The summed E-state index contributed by atoms with van der Waals surface area (Å²) in [5, 5.41) is 2.70. The van der Waals surface area contributed by atoms with Gasteiger partial charge in [-0.25, -0.2) is 9.78 Å². The number of benzene rings is 2. The van der Waals surface area contributed by atoms with Crippen molar-refractivity contribution in [2.45, 2.75) is 20.8 Å². The Morgan fingerprint density at radius 3 is 2.65 bits per heavy atom. The summed E-state index contributed by atoms with van der Waals surface area (Å²) in [4.78, 5) is 19.5. The van der Waals surface area contributed by atoms with Gasteiger partial charge in [0.25, 0.3) is 0 Å². The highest BCUT2D eigenvalue weighted by Crippen LogP contribution is 2.27. The molecule has 5 heteroatoms. The van der Waals surface area contributed by atoms with E-state index in [1.54, 1.807) is 6.92 Å². The first-order valence-corrected chi connectivity index (χ1v) is 7.58. The first kappa shape index (κ1) is 15.1. The maximum atomic E-state index is 11.5. The van der Waals surface area contributed by atoms with Crippen molar-refractivity contribution in [1.29, 1.82) is 0 Å². The number of hydrogen-bond acceptors (Lipinski definition) is 3. The lowest BCUT2D eigenvalue weighted by Gasteiger charge is -2.05. The van der Waals surface area contributed by atoms with Gasteiger partial charge in [-0.3, -0.25) is 5.32 Å². The molecule has 1 amide bonds. The topological polar surface area (TPSA) is 67.0 Å². The highest BCUT2D eigenvalue weighted by Gasteiger charge is 2.11. The number of ether oxygens (including phenoxy) is 1. The molecule has 2 N–H and O–H groups in total. The Labute approximate surface area is 134 Å². The highest BCUT2D eigenvalue weighted by atomic mass is 16.5. The Bertz CT molecular complexity index is 848. The number of hydrogen-bond donors (Lipinski definition) is 2. The Balaban J connectivity index is 1.98. The fourth-order valence-electron chi connectivity index (χ4n) is 2.68. The molecular weight excluding hydrogens is 290 g/mol. The van der Waals surface area contributed by atoms with Crippen LogP contribution in [-0.2, 0) is 4.74 Å². The number of rotatable bonds is 3. The zero-order chi connectivity index (χ0) is 16.4. The van der Waals surface area contributed by atoms with Crippen LogP contribution in [0.2, 0.25) is 0 Å². The molecule has 0 saturated carbocycles. The lowest BCUT2D eigenvalue weighted by Crippen LogP contribution is -2.13. The number of aromatic amines is 1. The van der Waals surface area contributed by atoms with Gasteiger partial charge in [0.15, 0.2) is 0 Å². The normalized spacial score (nSPS) is 10.7. The lowest BCUT2D eigenvalue weighted by molar-refractivity contribution is 0.168. The van der Waals surface area contributed by atoms with E-state index in [1.165, 1.54) is 11.1 Å². The summed E-state index contributed by atoms with van der Waals surface area (Å²) in [6, 6.07) is 11.7. The number of carbonyl (C=O) groups excluding carboxylic acids is 1. The second-order valence-electron chi connectivity index (χ2n) is 5.43. The van der Waals surface area contributed by atoms with Crippen molar-refractivity contribution in [3.05, 3.63) is 47.5 Å². The Kier molecular flexibility index (Phi) is 4.02. The van der Waals surface area contributed by atoms with Crippen molar-refractivity contribution >= 4 is 22.8 Å². The molecule has 23 heavy (non-hydrogen) atoms. The molecule has 0 unspecified atom stereocenters. The third-order valence-electron chi connectivity index (χ3n) is 3.72. The number of fused-ring (bicyclic) bond motifs is 1. The van der Waals surface area contributed by atoms with Crippen LogP contribution in [0.25, 0.3) is 22.4 Å². The molecule has 0 atom stereocenters. The third-order valence-corrected chi connectivity index (χ3v) is 3.72. The molecule has 0 spiro atoms. The first-order chi connectivity index (χ1) is 11.1. The number of nitrogens with one attached hydrogen (secondary N) is 2.